The van der Waals surface area contributed by atoms with Crippen molar-refractivity contribution in [2.75, 3.05) is 13.2 Å². The first kappa shape index (κ1) is 10.7. The summed E-state index contributed by atoms with van der Waals surface area (Å²) in [5.74, 6) is 0. The minimum Gasteiger partial charge on any atom is -0.381 e. The summed E-state index contributed by atoms with van der Waals surface area (Å²) in [5.41, 5.74) is 0. The maximum absolute atomic E-state index is 5.37. The number of unbranched alkanes of at least 4 members (excludes halogenated alkanes) is 1. The SMILES string of the molecule is CC/C=C\CCOCCCC. The molecular formula is C10H20O. The van der Waals surface area contributed by atoms with E-state index >= 15 is 0 Å². The molecule has 0 unspecified atom stereocenters. The minimum absolute atomic E-state index is 0.885. The fraction of sp³-hybridized carbons (Fsp3) is 0.800. The zero-order chi connectivity index (χ0) is 8.36. The van der Waals surface area contributed by atoms with Crippen molar-refractivity contribution in [3.05, 3.63) is 12.2 Å². The molecule has 11 heavy (non-hydrogen) atoms. The molecule has 0 aliphatic rings. The molecule has 0 saturated carbocycles. The Bertz CT molecular complexity index is 86.9. The average molecular weight is 156 g/mol. The fourth-order valence-electron chi connectivity index (χ4n) is 0.784. The van der Waals surface area contributed by atoms with Crippen molar-refractivity contribution in [3.8, 4) is 0 Å². The molecule has 0 aliphatic carbocycles. The van der Waals surface area contributed by atoms with Crippen LogP contribution < -0.4 is 0 Å². The van der Waals surface area contributed by atoms with Gasteiger partial charge >= 0.3 is 0 Å². The summed E-state index contributed by atoms with van der Waals surface area (Å²) in [7, 11) is 0. The van der Waals surface area contributed by atoms with Crippen LogP contribution in [-0.2, 0) is 4.74 Å². The minimum atomic E-state index is 0.885. The molecule has 0 amide bonds. The van der Waals surface area contributed by atoms with Crippen LogP contribution in [-0.4, -0.2) is 13.2 Å². The van der Waals surface area contributed by atoms with Crippen molar-refractivity contribution in [1.82, 2.24) is 0 Å². The van der Waals surface area contributed by atoms with E-state index in [1.54, 1.807) is 0 Å². The molecule has 0 spiro atoms. The lowest BCUT2D eigenvalue weighted by Gasteiger charge is -1.98. The lowest BCUT2D eigenvalue weighted by atomic mass is 10.3. The molecule has 0 fully saturated rings. The van der Waals surface area contributed by atoms with E-state index in [-0.39, 0.29) is 0 Å². The summed E-state index contributed by atoms with van der Waals surface area (Å²) < 4.78 is 5.37. The fourth-order valence-corrected chi connectivity index (χ4v) is 0.784. The maximum atomic E-state index is 5.37. The van der Waals surface area contributed by atoms with Crippen molar-refractivity contribution in [1.29, 1.82) is 0 Å². The first-order valence-corrected chi connectivity index (χ1v) is 4.64. The maximum Gasteiger partial charge on any atom is 0.0500 e. The molecule has 0 N–H and O–H groups in total. The van der Waals surface area contributed by atoms with Gasteiger partial charge in [0.25, 0.3) is 0 Å². The molecule has 1 nitrogen and oxygen atoms in total. The van der Waals surface area contributed by atoms with Crippen molar-refractivity contribution >= 4 is 0 Å². The second-order valence-corrected chi connectivity index (χ2v) is 2.63. The van der Waals surface area contributed by atoms with Crippen molar-refractivity contribution in [2.45, 2.75) is 39.5 Å². The van der Waals surface area contributed by atoms with Gasteiger partial charge in [0.15, 0.2) is 0 Å². The number of allylic oxidation sites excluding steroid dienone is 1. The predicted octanol–water partition coefficient (Wildman–Crippen LogP) is 3.16. The van der Waals surface area contributed by atoms with Gasteiger partial charge in [0.1, 0.15) is 0 Å². The number of ether oxygens (including phenoxy) is 1. The summed E-state index contributed by atoms with van der Waals surface area (Å²) >= 11 is 0. The van der Waals surface area contributed by atoms with Crippen molar-refractivity contribution in [2.24, 2.45) is 0 Å². The molecule has 0 radical (unpaired) electrons. The Hall–Kier alpha value is -0.300. The lowest BCUT2D eigenvalue weighted by Crippen LogP contribution is -1.94. The Morgan fingerprint density at radius 2 is 1.91 bits per heavy atom. The Labute approximate surface area is 70.4 Å². The molecule has 0 atom stereocenters. The molecule has 0 aliphatic heterocycles. The van der Waals surface area contributed by atoms with Gasteiger partial charge < -0.3 is 4.74 Å². The predicted molar refractivity (Wildman–Crippen MR) is 49.8 cm³/mol. The van der Waals surface area contributed by atoms with Crippen LogP contribution in [0.15, 0.2) is 12.2 Å². The summed E-state index contributed by atoms with van der Waals surface area (Å²) in [4.78, 5) is 0. The smallest absolute Gasteiger partial charge is 0.0500 e. The summed E-state index contributed by atoms with van der Waals surface area (Å²) in [6.45, 7) is 6.14. The van der Waals surface area contributed by atoms with Crippen LogP contribution in [0.3, 0.4) is 0 Å². The van der Waals surface area contributed by atoms with E-state index in [2.05, 4.69) is 26.0 Å². The molecule has 0 aromatic rings. The van der Waals surface area contributed by atoms with Gasteiger partial charge in [-0.2, -0.15) is 0 Å². The Morgan fingerprint density at radius 1 is 1.09 bits per heavy atom. The Kier molecular flexibility index (Phi) is 9.44. The molecule has 0 heterocycles. The number of hydrogen-bond acceptors (Lipinski definition) is 1. The summed E-state index contributed by atoms with van der Waals surface area (Å²) in [6.07, 6.45) is 8.99. The van der Waals surface area contributed by atoms with Gasteiger partial charge in [0.2, 0.25) is 0 Å². The van der Waals surface area contributed by atoms with E-state index in [9.17, 15) is 0 Å². The third kappa shape index (κ3) is 9.70. The highest BCUT2D eigenvalue weighted by Crippen LogP contribution is 1.91. The lowest BCUT2D eigenvalue weighted by molar-refractivity contribution is 0.136. The quantitative estimate of drug-likeness (QED) is 0.406. The topological polar surface area (TPSA) is 9.23 Å². The van der Waals surface area contributed by atoms with E-state index in [4.69, 9.17) is 4.74 Å². The van der Waals surface area contributed by atoms with E-state index < -0.39 is 0 Å². The number of rotatable bonds is 7. The zero-order valence-corrected chi connectivity index (χ0v) is 7.81. The third-order valence-corrected chi connectivity index (χ3v) is 1.47. The van der Waals surface area contributed by atoms with Crippen LogP contribution in [0.2, 0.25) is 0 Å². The van der Waals surface area contributed by atoms with E-state index in [0.29, 0.717) is 0 Å². The van der Waals surface area contributed by atoms with Crippen molar-refractivity contribution < 1.29 is 4.74 Å². The van der Waals surface area contributed by atoms with Gasteiger partial charge in [-0.3, -0.25) is 0 Å². The molecular weight excluding hydrogens is 136 g/mol. The van der Waals surface area contributed by atoms with Crippen LogP contribution in [0, 0.1) is 0 Å². The van der Waals surface area contributed by atoms with Gasteiger partial charge in [-0.25, -0.2) is 0 Å². The van der Waals surface area contributed by atoms with E-state index in [1.807, 2.05) is 0 Å². The molecule has 0 aromatic carbocycles. The second-order valence-electron chi connectivity index (χ2n) is 2.63. The van der Waals surface area contributed by atoms with Crippen LogP contribution in [0.1, 0.15) is 39.5 Å². The monoisotopic (exact) mass is 156 g/mol. The Morgan fingerprint density at radius 3 is 2.55 bits per heavy atom. The average Bonchev–Trinajstić information content (AvgIpc) is 2.03. The molecule has 0 bridgehead atoms. The highest BCUT2D eigenvalue weighted by Gasteiger charge is 1.83. The normalized spacial score (nSPS) is 11.1. The summed E-state index contributed by atoms with van der Waals surface area (Å²) in [6, 6.07) is 0. The zero-order valence-electron chi connectivity index (χ0n) is 7.81. The highest BCUT2D eigenvalue weighted by molar-refractivity contribution is 4.79. The summed E-state index contributed by atoms with van der Waals surface area (Å²) in [5, 5.41) is 0. The van der Waals surface area contributed by atoms with E-state index in [0.717, 1.165) is 26.1 Å². The molecule has 0 rings (SSSR count). The van der Waals surface area contributed by atoms with Gasteiger partial charge in [0, 0.05) is 6.61 Å². The molecule has 1 heteroatoms. The van der Waals surface area contributed by atoms with Gasteiger partial charge in [-0.15, -0.1) is 0 Å². The second kappa shape index (κ2) is 9.70. The highest BCUT2D eigenvalue weighted by atomic mass is 16.5. The van der Waals surface area contributed by atoms with Gasteiger partial charge in [-0.1, -0.05) is 32.4 Å². The first-order valence-electron chi connectivity index (χ1n) is 4.64. The van der Waals surface area contributed by atoms with Gasteiger partial charge in [-0.05, 0) is 19.3 Å². The van der Waals surface area contributed by atoms with Crippen molar-refractivity contribution in [3.63, 3.8) is 0 Å². The standard InChI is InChI=1S/C10H20O/c1-3-5-7-8-10-11-9-6-4-2/h5,7H,3-4,6,8-10H2,1-2H3/b7-5-. The third-order valence-electron chi connectivity index (χ3n) is 1.47. The largest absolute Gasteiger partial charge is 0.381 e. The molecule has 0 aromatic heterocycles. The van der Waals surface area contributed by atoms with Gasteiger partial charge in [0.05, 0.1) is 6.61 Å². The van der Waals surface area contributed by atoms with Crippen LogP contribution in [0.4, 0.5) is 0 Å². The Balaban J connectivity index is 2.85. The van der Waals surface area contributed by atoms with Crippen LogP contribution >= 0.6 is 0 Å². The van der Waals surface area contributed by atoms with Crippen LogP contribution in [0.25, 0.3) is 0 Å². The first-order chi connectivity index (χ1) is 5.41. The molecule has 66 valence electrons. The van der Waals surface area contributed by atoms with Crippen LogP contribution in [0.5, 0.6) is 0 Å². The molecule has 0 saturated heterocycles. The number of hydrogen-bond donors (Lipinski definition) is 0. The van der Waals surface area contributed by atoms with E-state index in [1.165, 1.54) is 12.8 Å².